The van der Waals surface area contributed by atoms with Crippen LogP contribution >= 0.6 is 27.5 Å². The molecule has 1 aliphatic carbocycles. The average Bonchev–Trinajstić information content (AvgIpc) is 2.43. The summed E-state index contributed by atoms with van der Waals surface area (Å²) in [5.41, 5.74) is 1.18. The summed E-state index contributed by atoms with van der Waals surface area (Å²) in [6, 6.07) is 5.86. The molecule has 0 saturated heterocycles. The highest BCUT2D eigenvalue weighted by atomic mass is 79.9. The second kappa shape index (κ2) is 7.63. The van der Waals surface area contributed by atoms with Crippen molar-refractivity contribution < 1.29 is 5.11 Å². The first-order chi connectivity index (χ1) is 9.20. The van der Waals surface area contributed by atoms with Crippen molar-refractivity contribution >= 4 is 27.5 Å². The van der Waals surface area contributed by atoms with Crippen LogP contribution in [0.15, 0.2) is 22.7 Å². The Balaban J connectivity index is 1.83. The lowest BCUT2D eigenvalue weighted by Crippen LogP contribution is -2.32. The molecule has 2 atom stereocenters. The lowest BCUT2D eigenvalue weighted by molar-refractivity contribution is 0.133. The minimum absolute atomic E-state index is 0.327. The SMILES string of the molecule is OCC1CCCCC1CNCc1cc(Cl)ccc1Br. The molecule has 0 aromatic heterocycles. The highest BCUT2D eigenvalue weighted by molar-refractivity contribution is 9.10. The minimum Gasteiger partial charge on any atom is -0.396 e. The van der Waals surface area contributed by atoms with Gasteiger partial charge >= 0.3 is 0 Å². The lowest BCUT2D eigenvalue weighted by atomic mass is 9.79. The quantitative estimate of drug-likeness (QED) is 0.845. The third-order valence-corrected chi connectivity index (χ3v) is 5.04. The Kier molecular flexibility index (Phi) is 6.14. The van der Waals surface area contributed by atoms with E-state index in [-0.39, 0.29) is 0 Å². The van der Waals surface area contributed by atoms with Crippen molar-refractivity contribution in [1.82, 2.24) is 5.32 Å². The Morgan fingerprint density at radius 3 is 2.74 bits per heavy atom. The molecule has 0 spiro atoms. The van der Waals surface area contributed by atoms with E-state index in [0.717, 1.165) is 22.6 Å². The van der Waals surface area contributed by atoms with E-state index < -0.39 is 0 Å². The first-order valence-electron chi connectivity index (χ1n) is 6.96. The molecule has 19 heavy (non-hydrogen) atoms. The van der Waals surface area contributed by atoms with Crippen molar-refractivity contribution in [3.05, 3.63) is 33.3 Å². The summed E-state index contributed by atoms with van der Waals surface area (Å²) >= 11 is 9.55. The zero-order chi connectivity index (χ0) is 13.7. The number of hydrogen-bond donors (Lipinski definition) is 2. The molecule has 1 aliphatic rings. The fourth-order valence-corrected chi connectivity index (χ4v) is 3.45. The van der Waals surface area contributed by atoms with Crippen LogP contribution in [0.25, 0.3) is 0 Å². The molecule has 1 aromatic carbocycles. The zero-order valence-corrected chi connectivity index (χ0v) is 13.4. The smallest absolute Gasteiger partial charge is 0.0462 e. The van der Waals surface area contributed by atoms with Crippen molar-refractivity contribution in [3.63, 3.8) is 0 Å². The van der Waals surface area contributed by atoms with Crippen LogP contribution in [-0.4, -0.2) is 18.3 Å². The van der Waals surface area contributed by atoms with E-state index in [1.807, 2.05) is 18.2 Å². The number of hydrogen-bond acceptors (Lipinski definition) is 2. The predicted octanol–water partition coefficient (Wildman–Crippen LogP) is 3.99. The summed E-state index contributed by atoms with van der Waals surface area (Å²) in [5.74, 6) is 1.08. The van der Waals surface area contributed by atoms with Gasteiger partial charge in [-0.1, -0.05) is 40.4 Å². The van der Waals surface area contributed by atoms with Gasteiger partial charge in [-0.15, -0.1) is 0 Å². The van der Waals surface area contributed by atoms with Gasteiger partial charge in [0.05, 0.1) is 0 Å². The highest BCUT2D eigenvalue weighted by Gasteiger charge is 2.23. The van der Waals surface area contributed by atoms with Gasteiger partial charge in [0.2, 0.25) is 0 Å². The molecule has 1 saturated carbocycles. The molecule has 1 fully saturated rings. The van der Waals surface area contributed by atoms with Gasteiger partial charge in [0.1, 0.15) is 0 Å². The maximum absolute atomic E-state index is 9.41. The first-order valence-corrected chi connectivity index (χ1v) is 8.13. The summed E-state index contributed by atoms with van der Waals surface area (Å²) in [7, 11) is 0. The van der Waals surface area contributed by atoms with Crippen LogP contribution in [0.3, 0.4) is 0 Å². The maximum atomic E-state index is 9.41. The van der Waals surface area contributed by atoms with E-state index in [4.69, 9.17) is 11.6 Å². The molecular formula is C15H21BrClNO. The molecule has 4 heteroatoms. The van der Waals surface area contributed by atoms with E-state index in [2.05, 4.69) is 21.2 Å². The van der Waals surface area contributed by atoms with Crippen LogP contribution in [0.2, 0.25) is 5.02 Å². The zero-order valence-electron chi connectivity index (χ0n) is 11.0. The van der Waals surface area contributed by atoms with Gasteiger partial charge in [-0.2, -0.15) is 0 Å². The van der Waals surface area contributed by atoms with E-state index in [9.17, 15) is 5.11 Å². The summed E-state index contributed by atoms with van der Waals surface area (Å²) in [4.78, 5) is 0. The summed E-state index contributed by atoms with van der Waals surface area (Å²) in [6.45, 7) is 2.12. The Morgan fingerprint density at radius 1 is 1.26 bits per heavy atom. The molecule has 2 unspecified atom stereocenters. The fourth-order valence-electron chi connectivity index (χ4n) is 2.86. The third kappa shape index (κ3) is 4.45. The van der Waals surface area contributed by atoms with E-state index in [1.54, 1.807) is 0 Å². The van der Waals surface area contributed by atoms with Crippen LogP contribution in [0.5, 0.6) is 0 Å². The fraction of sp³-hybridized carbons (Fsp3) is 0.600. The standard InChI is InChI=1S/C15H21BrClNO/c16-15-6-5-14(17)7-13(15)9-18-8-11-3-1-2-4-12(11)10-19/h5-7,11-12,18-19H,1-4,8-10H2. The van der Waals surface area contributed by atoms with Crippen molar-refractivity contribution in [2.24, 2.45) is 11.8 Å². The topological polar surface area (TPSA) is 32.3 Å². The Morgan fingerprint density at radius 2 is 2.00 bits per heavy atom. The van der Waals surface area contributed by atoms with Crippen molar-refractivity contribution in [2.45, 2.75) is 32.2 Å². The number of rotatable bonds is 5. The Labute approximate surface area is 128 Å². The number of aliphatic hydroxyl groups excluding tert-OH is 1. The monoisotopic (exact) mass is 345 g/mol. The van der Waals surface area contributed by atoms with E-state index in [1.165, 1.54) is 31.2 Å². The molecule has 0 amide bonds. The van der Waals surface area contributed by atoms with Crippen molar-refractivity contribution in [1.29, 1.82) is 0 Å². The number of nitrogens with one attached hydrogen (secondary N) is 1. The van der Waals surface area contributed by atoms with Crippen LogP contribution in [0.1, 0.15) is 31.2 Å². The molecule has 0 radical (unpaired) electrons. The molecule has 1 aromatic rings. The molecule has 2 N–H and O–H groups in total. The summed E-state index contributed by atoms with van der Waals surface area (Å²) in [6.07, 6.45) is 4.96. The number of halogens is 2. The van der Waals surface area contributed by atoms with Crippen molar-refractivity contribution in [2.75, 3.05) is 13.2 Å². The van der Waals surface area contributed by atoms with Gasteiger partial charge in [-0.25, -0.2) is 0 Å². The Hall–Kier alpha value is -0.0900. The molecule has 0 heterocycles. The molecule has 2 nitrogen and oxygen atoms in total. The molecule has 0 aliphatic heterocycles. The summed E-state index contributed by atoms with van der Waals surface area (Å²) < 4.78 is 1.09. The van der Waals surface area contributed by atoms with Gasteiger partial charge in [0.15, 0.2) is 0 Å². The molecule has 106 valence electrons. The normalized spacial score (nSPS) is 23.5. The third-order valence-electron chi connectivity index (χ3n) is 4.03. The molecule has 2 rings (SSSR count). The van der Waals surface area contributed by atoms with Gasteiger partial charge in [0.25, 0.3) is 0 Å². The lowest BCUT2D eigenvalue weighted by Gasteiger charge is -2.30. The van der Waals surface area contributed by atoms with Crippen LogP contribution < -0.4 is 5.32 Å². The second-order valence-corrected chi connectivity index (χ2v) is 6.64. The minimum atomic E-state index is 0.327. The largest absolute Gasteiger partial charge is 0.396 e. The van der Waals surface area contributed by atoms with E-state index >= 15 is 0 Å². The van der Waals surface area contributed by atoms with Gasteiger partial charge < -0.3 is 10.4 Å². The van der Waals surface area contributed by atoms with Crippen LogP contribution in [0, 0.1) is 11.8 Å². The number of aliphatic hydroxyl groups is 1. The maximum Gasteiger partial charge on any atom is 0.0462 e. The van der Waals surface area contributed by atoms with Gasteiger partial charge in [0, 0.05) is 22.6 Å². The second-order valence-electron chi connectivity index (χ2n) is 5.35. The van der Waals surface area contributed by atoms with E-state index in [0.29, 0.717) is 18.4 Å². The molecule has 0 bridgehead atoms. The van der Waals surface area contributed by atoms with Gasteiger partial charge in [-0.05, 0) is 55.0 Å². The highest BCUT2D eigenvalue weighted by Crippen LogP contribution is 2.29. The first kappa shape index (κ1) is 15.3. The summed E-state index contributed by atoms with van der Waals surface area (Å²) in [5, 5.41) is 13.7. The van der Waals surface area contributed by atoms with Gasteiger partial charge in [-0.3, -0.25) is 0 Å². The van der Waals surface area contributed by atoms with Crippen LogP contribution in [0.4, 0.5) is 0 Å². The van der Waals surface area contributed by atoms with Crippen LogP contribution in [-0.2, 0) is 6.54 Å². The Bertz CT molecular complexity index is 413. The predicted molar refractivity (Wildman–Crippen MR) is 83.4 cm³/mol. The molecular weight excluding hydrogens is 326 g/mol. The number of benzene rings is 1. The average molecular weight is 347 g/mol. The van der Waals surface area contributed by atoms with Crippen molar-refractivity contribution in [3.8, 4) is 0 Å².